The maximum absolute atomic E-state index is 12.7. The van der Waals surface area contributed by atoms with Gasteiger partial charge in [0.1, 0.15) is 4.88 Å². The maximum atomic E-state index is 12.7. The largest absolute Gasteiger partial charge is 0.494 e. The molecule has 0 radical (unpaired) electrons. The van der Waals surface area contributed by atoms with Crippen molar-refractivity contribution in [3.05, 3.63) is 14.2 Å². The van der Waals surface area contributed by atoms with E-state index in [1.807, 2.05) is 18.9 Å². The number of nitrogens with one attached hydrogen (secondary N) is 1. The van der Waals surface area contributed by atoms with Crippen molar-refractivity contribution in [3.63, 3.8) is 0 Å². The number of carbonyl (C=O) groups is 1. The molecule has 0 saturated carbocycles. The Labute approximate surface area is 132 Å². The van der Waals surface area contributed by atoms with Crippen LogP contribution in [-0.4, -0.2) is 44.6 Å². The van der Waals surface area contributed by atoms with Crippen LogP contribution in [0.1, 0.15) is 27.4 Å². The van der Waals surface area contributed by atoms with E-state index in [4.69, 9.17) is 4.74 Å². The number of nitrogens with zero attached hydrogens (tertiary/aromatic N) is 1. The highest BCUT2D eigenvalue weighted by molar-refractivity contribution is 9.10. The van der Waals surface area contributed by atoms with Gasteiger partial charge in [0.05, 0.1) is 11.6 Å². The first kappa shape index (κ1) is 15.8. The number of carbonyl (C=O) groups excluding carboxylic acids is 1. The summed E-state index contributed by atoms with van der Waals surface area (Å²) >= 11 is 5.00. The summed E-state index contributed by atoms with van der Waals surface area (Å²) in [6, 6.07) is 0. The van der Waals surface area contributed by atoms with Crippen molar-refractivity contribution in [2.24, 2.45) is 5.92 Å². The summed E-state index contributed by atoms with van der Waals surface area (Å²) in [5.74, 6) is 1.32. The number of methoxy groups -OCH3 is 1. The van der Waals surface area contributed by atoms with E-state index in [1.165, 1.54) is 17.8 Å². The molecule has 6 heteroatoms. The fourth-order valence-electron chi connectivity index (χ4n) is 2.68. The van der Waals surface area contributed by atoms with Gasteiger partial charge in [-0.05, 0) is 55.2 Å². The Hall–Kier alpha value is -0.590. The summed E-state index contributed by atoms with van der Waals surface area (Å²) in [4.78, 5) is 16.5. The van der Waals surface area contributed by atoms with Crippen LogP contribution < -0.4 is 10.1 Å². The summed E-state index contributed by atoms with van der Waals surface area (Å²) in [5.41, 5.74) is 0. The van der Waals surface area contributed by atoms with Gasteiger partial charge in [0, 0.05) is 18.0 Å². The average Bonchev–Trinajstić information content (AvgIpc) is 2.74. The number of halogens is 1. The van der Waals surface area contributed by atoms with Crippen molar-refractivity contribution in [2.45, 2.75) is 19.8 Å². The van der Waals surface area contributed by atoms with Crippen molar-refractivity contribution in [2.75, 3.05) is 33.8 Å². The Balaban J connectivity index is 2.16. The van der Waals surface area contributed by atoms with Gasteiger partial charge in [0.2, 0.25) is 0 Å². The molecule has 0 spiro atoms. The quantitative estimate of drug-likeness (QED) is 0.897. The SMILES string of the molecule is CNCC1CCCN(C(=O)c2sc(C)c(Br)c2OC)C1. The number of hydrogen-bond acceptors (Lipinski definition) is 4. The fraction of sp³-hybridized carbons (Fsp3) is 0.643. The van der Waals surface area contributed by atoms with E-state index in [0.717, 1.165) is 35.4 Å². The van der Waals surface area contributed by atoms with Crippen molar-refractivity contribution in [1.82, 2.24) is 10.2 Å². The maximum Gasteiger partial charge on any atom is 0.267 e. The Morgan fingerprint density at radius 2 is 2.35 bits per heavy atom. The van der Waals surface area contributed by atoms with Gasteiger partial charge < -0.3 is 15.0 Å². The molecule has 1 amide bonds. The monoisotopic (exact) mass is 360 g/mol. The van der Waals surface area contributed by atoms with Crippen molar-refractivity contribution in [3.8, 4) is 5.75 Å². The third-order valence-electron chi connectivity index (χ3n) is 3.67. The first-order chi connectivity index (χ1) is 9.58. The number of rotatable bonds is 4. The van der Waals surface area contributed by atoms with Crippen LogP contribution in [0.2, 0.25) is 0 Å². The van der Waals surface area contributed by atoms with Crippen molar-refractivity contribution < 1.29 is 9.53 Å². The second-order valence-electron chi connectivity index (χ2n) is 5.15. The van der Waals surface area contributed by atoms with Gasteiger partial charge in [-0.3, -0.25) is 4.79 Å². The van der Waals surface area contributed by atoms with E-state index < -0.39 is 0 Å². The molecule has 4 nitrogen and oxygen atoms in total. The molecule has 1 N–H and O–H groups in total. The minimum Gasteiger partial charge on any atom is -0.494 e. The van der Waals surface area contributed by atoms with Crippen LogP contribution in [0.15, 0.2) is 4.47 Å². The van der Waals surface area contributed by atoms with E-state index in [-0.39, 0.29) is 5.91 Å². The highest BCUT2D eigenvalue weighted by Crippen LogP contribution is 2.40. The summed E-state index contributed by atoms with van der Waals surface area (Å²) in [6.45, 7) is 4.64. The van der Waals surface area contributed by atoms with Gasteiger partial charge in [-0.25, -0.2) is 0 Å². The molecule has 0 aromatic carbocycles. The zero-order chi connectivity index (χ0) is 14.7. The Morgan fingerprint density at radius 1 is 1.60 bits per heavy atom. The average molecular weight is 361 g/mol. The molecule has 1 fully saturated rings. The minimum absolute atomic E-state index is 0.0986. The number of piperidine rings is 1. The molecule has 2 rings (SSSR count). The molecular weight excluding hydrogens is 340 g/mol. The van der Waals surface area contributed by atoms with Crippen LogP contribution in [0.25, 0.3) is 0 Å². The molecule has 1 aliphatic heterocycles. The zero-order valence-corrected chi connectivity index (χ0v) is 14.6. The smallest absolute Gasteiger partial charge is 0.267 e. The van der Waals surface area contributed by atoms with Crippen LogP contribution in [-0.2, 0) is 0 Å². The van der Waals surface area contributed by atoms with Gasteiger partial charge in [0.15, 0.2) is 5.75 Å². The van der Waals surface area contributed by atoms with Crippen LogP contribution in [0.3, 0.4) is 0 Å². The highest BCUT2D eigenvalue weighted by Gasteiger charge is 2.28. The molecule has 1 aromatic rings. The summed E-state index contributed by atoms with van der Waals surface area (Å²) in [7, 11) is 3.58. The molecular formula is C14H21BrN2O2S. The molecule has 1 saturated heterocycles. The van der Waals surface area contributed by atoms with Crippen LogP contribution >= 0.6 is 27.3 Å². The Bertz CT molecular complexity index is 488. The predicted molar refractivity (Wildman–Crippen MR) is 85.9 cm³/mol. The third kappa shape index (κ3) is 3.18. The van der Waals surface area contributed by atoms with Crippen LogP contribution in [0.5, 0.6) is 5.75 Å². The molecule has 1 atom stereocenters. The van der Waals surface area contributed by atoms with Crippen LogP contribution in [0.4, 0.5) is 0 Å². The molecule has 1 aromatic heterocycles. The number of ether oxygens (including phenoxy) is 1. The lowest BCUT2D eigenvalue weighted by Gasteiger charge is -2.32. The number of amides is 1. The second kappa shape index (κ2) is 6.91. The van der Waals surface area contributed by atoms with Crippen molar-refractivity contribution >= 4 is 33.2 Å². The van der Waals surface area contributed by atoms with E-state index in [2.05, 4.69) is 21.2 Å². The Kier molecular flexibility index (Phi) is 5.46. The normalized spacial score (nSPS) is 19.2. The topological polar surface area (TPSA) is 41.6 Å². The van der Waals surface area contributed by atoms with Gasteiger partial charge in [-0.1, -0.05) is 0 Å². The predicted octanol–water partition coefficient (Wildman–Crippen LogP) is 2.90. The summed E-state index contributed by atoms with van der Waals surface area (Å²) in [5, 5.41) is 3.20. The Morgan fingerprint density at radius 3 is 3.00 bits per heavy atom. The first-order valence-corrected chi connectivity index (χ1v) is 8.46. The van der Waals surface area contributed by atoms with Gasteiger partial charge >= 0.3 is 0 Å². The fourth-order valence-corrected chi connectivity index (χ4v) is 4.39. The number of thiophene rings is 1. The zero-order valence-electron chi connectivity index (χ0n) is 12.2. The lowest BCUT2D eigenvalue weighted by atomic mass is 9.98. The minimum atomic E-state index is 0.0986. The van der Waals surface area contributed by atoms with Gasteiger partial charge in [-0.2, -0.15) is 0 Å². The van der Waals surface area contributed by atoms with E-state index in [1.54, 1.807) is 7.11 Å². The molecule has 1 unspecified atom stereocenters. The van der Waals surface area contributed by atoms with Crippen molar-refractivity contribution in [1.29, 1.82) is 0 Å². The number of likely N-dealkylation sites (tertiary alicyclic amines) is 1. The molecule has 20 heavy (non-hydrogen) atoms. The summed E-state index contributed by atoms with van der Waals surface area (Å²) in [6.07, 6.45) is 2.26. The second-order valence-corrected chi connectivity index (χ2v) is 7.17. The van der Waals surface area contributed by atoms with Gasteiger partial charge in [0.25, 0.3) is 5.91 Å². The lowest BCUT2D eigenvalue weighted by molar-refractivity contribution is 0.0676. The molecule has 112 valence electrons. The standard InChI is InChI=1S/C14H21BrN2O2S/c1-9-11(15)12(19-3)13(20-9)14(18)17-6-4-5-10(8-17)7-16-2/h10,16H,4-8H2,1-3H3. The number of hydrogen-bond donors (Lipinski definition) is 1. The highest BCUT2D eigenvalue weighted by atomic mass is 79.9. The lowest BCUT2D eigenvalue weighted by Crippen LogP contribution is -2.42. The first-order valence-electron chi connectivity index (χ1n) is 6.85. The van der Waals surface area contributed by atoms with E-state index in [9.17, 15) is 4.79 Å². The molecule has 2 heterocycles. The molecule has 0 aliphatic carbocycles. The molecule has 1 aliphatic rings. The molecule has 0 bridgehead atoms. The number of aryl methyl sites for hydroxylation is 1. The van der Waals surface area contributed by atoms with E-state index in [0.29, 0.717) is 16.5 Å². The van der Waals surface area contributed by atoms with Crippen LogP contribution in [0, 0.1) is 12.8 Å². The van der Waals surface area contributed by atoms with Gasteiger partial charge in [-0.15, -0.1) is 11.3 Å². The third-order valence-corrected chi connectivity index (χ3v) is 5.96. The van der Waals surface area contributed by atoms with E-state index >= 15 is 0 Å². The summed E-state index contributed by atoms with van der Waals surface area (Å²) < 4.78 is 6.29.